The van der Waals surface area contributed by atoms with Crippen molar-refractivity contribution < 1.29 is 4.79 Å². The first-order chi connectivity index (χ1) is 13.1. The summed E-state index contributed by atoms with van der Waals surface area (Å²) >= 11 is 12.0. The number of carbonyl (C=O) groups is 1. The number of anilines is 1. The van der Waals surface area contributed by atoms with Crippen molar-refractivity contribution in [1.29, 1.82) is 0 Å². The van der Waals surface area contributed by atoms with Gasteiger partial charge in [0.1, 0.15) is 12.1 Å². The fourth-order valence-corrected chi connectivity index (χ4v) is 3.54. The topological polar surface area (TPSA) is 66.6 Å². The van der Waals surface area contributed by atoms with Crippen LogP contribution in [0.5, 0.6) is 0 Å². The van der Waals surface area contributed by atoms with Gasteiger partial charge < -0.3 is 9.80 Å². The predicted octanol–water partition coefficient (Wildman–Crippen LogP) is 2.71. The molecule has 1 aromatic carbocycles. The Labute approximate surface area is 166 Å². The summed E-state index contributed by atoms with van der Waals surface area (Å²) in [6, 6.07) is 9.16. The summed E-state index contributed by atoms with van der Waals surface area (Å²) in [5, 5.41) is 13.3. The summed E-state index contributed by atoms with van der Waals surface area (Å²) in [6.45, 7) is 2.96. The monoisotopic (exact) mass is 404 g/mol. The van der Waals surface area contributed by atoms with Gasteiger partial charge in [-0.25, -0.2) is 0 Å². The molecule has 1 fully saturated rings. The van der Waals surface area contributed by atoms with Crippen LogP contribution in [-0.4, -0.2) is 56.8 Å². The van der Waals surface area contributed by atoms with Crippen molar-refractivity contribution >= 4 is 40.6 Å². The number of hydrogen-bond donors (Lipinski definition) is 0. The first kappa shape index (κ1) is 18.0. The number of amides is 1. The first-order valence-corrected chi connectivity index (χ1v) is 9.49. The number of aromatic nitrogens is 4. The fourth-order valence-electron chi connectivity index (χ4n) is 3.22. The first-order valence-electron chi connectivity index (χ1n) is 8.74. The van der Waals surface area contributed by atoms with Gasteiger partial charge in [0.2, 0.25) is 5.91 Å². The summed E-state index contributed by atoms with van der Waals surface area (Å²) in [6.07, 6.45) is 2.79. The SMILES string of the molecule is O=C(Cc1ccc(Cl)c(Cl)c1)N1CCCN(c2ccc3nncn3n2)CC1. The lowest BCUT2D eigenvalue weighted by Gasteiger charge is -2.23. The van der Waals surface area contributed by atoms with Gasteiger partial charge in [-0.3, -0.25) is 4.79 Å². The number of hydrogen-bond acceptors (Lipinski definition) is 5. The lowest BCUT2D eigenvalue weighted by Crippen LogP contribution is -2.36. The molecule has 1 aliphatic heterocycles. The third-order valence-corrected chi connectivity index (χ3v) is 5.40. The number of benzene rings is 1. The molecular formula is C18H18Cl2N6O. The van der Waals surface area contributed by atoms with Gasteiger partial charge in [-0.1, -0.05) is 29.3 Å². The molecule has 1 saturated heterocycles. The molecule has 3 heterocycles. The minimum absolute atomic E-state index is 0.0949. The second kappa shape index (κ2) is 7.70. The highest BCUT2D eigenvalue weighted by Crippen LogP contribution is 2.23. The maximum Gasteiger partial charge on any atom is 0.227 e. The number of fused-ring (bicyclic) bond motifs is 1. The van der Waals surface area contributed by atoms with Crippen molar-refractivity contribution in [3.63, 3.8) is 0 Å². The van der Waals surface area contributed by atoms with E-state index in [1.54, 1.807) is 23.0 Å². The second-order valence-corrected chi connectivity index (χ2v) is 7.29. The zero-order valence-electron chi connectivity index (χ0n) is 14.6. The van der Waals surface area contributed by atoms with Crippen LogP contribution in [0.4, 0.5) is 5.82 Å². The molecule has 1 amide bonds. The largest absolute Gasteiger partial charge is 0.353 e. The highest BCUT2D eigenvalue weighted by atomic mass is 35.5. The number of rotatable bonds is 3. The lowest BCUT2D eigenvalue weighted by atomic mass is 10.1. The summed E-state index contributed by atoms with van der Waals surface area (Å²) < 4.78 is 1.66. The van der Waals surface area contributed by atoms with Gasteiger partial charge in [-0.05, 0) is 36.2 Å². The number of carbonyl (C=O) groups excluding carboxylic acids is 1. The molecule has 0 spiro atoms. The van der Waals surface area contributed by atoms with Crippen molar-refractivity contribution in [1.82, 2.24) is 24.7 Å². The standard InChI is InChI=1S/C18H18Cl2N6O/c19-14-3-2-13(10-15(14)20)11-18(27)25-7-1-6-24(8-9-25)17-5-4-16-22-21-12-26(16)23-17/h2-5,10,12H,1,6-9,11H2. The van der Waals surface area contributed by atoms with Gasteiger partial charge in [0.25, 0.3) is 0 Å². The smallest absolute Gasteiger partial charge is 0.227 e. The fraction of sp³-hybridized carbons (Fsp3) is 0.333. The molecule has 4 rings (SSSR count). The maximum atomic E-state index is 12.7. The zero-order valence-corrected chi connectivity index (χ0v) is 16.1. The molecule has 2 aromatic heterocycles. The Morgan fingerprint density at radius 3 is 2.78 bits per heavy atom. The highest BCUT2D eigenvalue weighted by Gasteiger charge is 2.20. The molecule has 140 valence electrons. The Kier molecular flexibility index (Phi) is 5.13. The molecular weight excluding hydrogens is 387 g/mol. The molecule has 0 radical (unpaired) electrons. The number of nitrogens with zero attached hydrogens (tertiary/aromatic N) is 6. The Balaban J connectivity index is 1.41. The van der Waals surface area contributed by atoms with Crippen molar-refractivity contribution in [2.75, 3.05) is 31.1 Å². The van der Waals surface area contributed by atoms with Crippen molar-refractivity contribution in [3.05, 3.63) is 52.3 Å². The Morgan fingerprint density at radius 1 is 1.04 bits per heavy atom. The van der Waals surface area contributed by atoms with Crippen LogP contribution in [0.25, 0.3) is 5.65 Å². The lowest BCUT2D eigenvalue weighted by molar-refractivity contribution is -0.130. The molecule has 1 aliphatic rings. The average molecular weight is 405 g/mol. The van der Waals surface area contributed by atoms with Gasteiger partial charge in [-0.15, -0.1) is 15.3 Å². The van der Waals surface area contributed by atoms with E-state index in [2.05, 4.69) is 20.2 Å². The summed E-state index contributed by atoms with van der Waals surface area (Å²) in [5.41, 5.74) is 1.59. The van der Waals surface area contributed by atoms with Gasteiger partial charge >= 0.3 is 0 Å². The van der Waals surface area contributed by atoms with E-state index in [-0.39, 0.29) is 5.91 Å². The molecule has 0 unspecified atom stereocenters. The Hall–Kier alpha value is -2.38. The second-order valence-electron chi connectivity index (χ2n) is 6.47. The van der Waals surface area contributed by atoms with E-state index >= 15 is 0 Å². The van der Waals surface area contributed by atoms with E-state index in [0.29, 0.717) is 28.7 Å². The van der Waals surface area contributed by atoms with Gasteiger partial charge in [0, 0.05) is 26.2 Å². The van der Waals surface area contributed by atoms with Gasteiger partial charge in [-0.2, -0.15) is 4.52 Å². The Bertz CT molecular complexity index is 975. The minimum atomic E-state index is 0.0949. The van der Waals surface area contributed by atoms with E-state index in [4.69, 9.17) is 23.2 Å². The van der Waals surface area contributed by atoms with Crippen molar-refractivity contribution in [2.24, 2.45) is 0 Å². The molecule has 0 N–H and O–H groups in total. The quantitative estimate of drug-likeness (QED) is 0.671. The predicted molar refractivity (Wildman–Crippen MR) is 104 cm³/mol. The van der Waals surface area contributed by atoms with E-state index in [9.17, 15) is 4.79 Å². The van der Waals surface area contributed by atoms with Crippen LogP contribution in [-0.2, 0) is 11.2 Å². The molecule has 0 aliphatic carbocycles. The van der Waals surface area contributed by atoms with Crippen LogP contribution in [0.15, 0.2) is 36.7 Å². The van der Waals surface area contributed by atoms with Crippen LogP contribution in [0.2, 0.25) is 10.0 Å². The summed E-state index contributed by atoms with van der Waals surface area (Å²) in [5.74, 6) is 0.957. The molecule has 9 heteroatoms. The average Bonchev–Trinajstić information content (AvgIpc) is 2.99. The van der Waals surface area contributed by atoms with Crippen LogP contribution < -0.4 is 4.90 Å². The van der Waals surface area contributed by atoms with E-state index in [1.807, 2.05) is 23.1 Å². The van der Waals surface area contributed by atoms with Crippen molar-refractivity contribution in [2.45, 2.75) is 12.8 Å². The molecule has 0 bridgehead atoms. The van der Waals surface area contributed by atoms with Crippen molar-refractivity contribution in [3.8, 4) is 0 Å². The third kappa shape index (κ3) is 3.99. The minimum Gasteiger partial charge on any atom is -0.353 e. The molecule has 3 aromatic rings. The number of halogens is 2. The molecule has 27 heavy (non-hydrogen) atoms. The molecule has 0 atom stereocenters. The van der Waals surface area contributed by atoms with E-state index < -0.39 is 0 Å². The molecule has 7 nitrogen and oxygen atoms in total. The van der Waals surface area contributed by atoms with Gasteiger partial charge in [0.15, 0.2) is 5.65 Å². The van der Waals surface area contributed by atoms with Crippen LogP contribution in [0.1, 0.15) is 12.0 Å². The van der Waals surface area contributed by atoms with Crippen LogP contribution in [0, 0.1) is 0 Å². The van der Waals surface area contributed by atoms with E-state index in [1.165, 1.54) is 0 Å². The van der Waals surface area contributed by atoms with Crippen LogP contribution in [0.3, 0.4) is 0 Å². The van der Waals surface area contributed by atoms with Gasteiger partial charge in [0.05, 0.1) is 16.5 Å². The highest BCUT2D eigenvalue weighted by molar-refractivity contribution is 6.42. The maximum absolute atomic E-state index is 12.7. The third-order valence-electron chi connectivity index (χ3n) is 4.66. The van der Waals surface area contributed by atoms with Crippen LogP contribution >= 0.6 is 23.2 Å². The Morgan fingerprint density at radius 2 is 1.93 bits per heavy atom. The zero-order chi connectivity index (χ0) is 18.8. The van der Waals surface area contributed by atoms with E-state index in [0.717, 1.165) is 37.4 Å². The summed E-state index contributed by atoms with van der Waals surface area (Å²) in [4.78, 5) is 16.8. The summed E-state index contributed by atoms with van der Waals surface area (Å²) in [7, 11) is 0. The molecule has 0 saturated carbocycles. The normalized spacial score (nSPS) is 15.2.